The Morgan fingerprint density at radius 2 is 1.67 bits per heavy atom. The molecule has 0 radical (unpaired) electrons. The highest BCUT2D eigenvalue weighted by molar-refractivity contribution is 9.10. The van der Waals surface area contributed by atoms with E-state index in [4.69, 9.17) is 9.47 Å². The van der Waals surface area contributed by atoms with Crippen LogP contribution in [0.3, 0.4) is 0 Å². The molecule has 1 aliphatic carbocycles. The fraction of sp³-hybridized carbons (Fsp3) is 0.571. The number of halogens is 1. The average Bonchev–Trinajstić information content (AvgIpc) is 2.41. The minimum absolute atomic E-state index is 0.595. The Kier molecular flexibility index (Phi) is 3.64. The van der Waals surface area contributed by atoms with Crippen molar-refractivity contribution in [1.29, 1.82) is 0 Å². The van der Waals surface area contributed by atoms with Gasteiger partial charge in [0, 0.05) is 22.6 Å². The second-order valence-electron chi connectivity index (χ2n) is 4.95. The van der Waals surface area contributed by atoms with Gasteiger partial charge in [-0.25, -0.2) is 0 Å². The quantitative estimate of drug-likeness (QED) is 0.896. The van der Waals surface area contributed by atoms with Crippen molar-refractivity contribution in [2.24, 2.45) is 0 Å². The molecule has 98 valence electrons. The van der Waals surface area contributed by atoms with E-state index in [1.54, 1.807) is 0 Å². The first-order chi connectivity index (χ1) is 8.83. The number of nitrogens with one attached hydrogen (secondary N) is 1. The lowest BCUT2D eigenvalue weighted by molar-refractivity contribution is 0.171. The van der Waals surface area contributed by atoms with Crippen molar-refractivity contribution in [3.63, 3.8) is 0 Å². The lowest BCUT2D eigenvalue weighted by atomic mass is 9.95. The van der Waals surface area contributed by atoms with Gasteiger partial charge in [-0.2, -0.15) is 0 Å². The van der Waals surface area contributed by atoms with Gasteiger partial charge in [-0.3, -0.25) is 0 Å². The molecule has 1 fully saturated rings. The maximum Gasteiger partial charge on any atom is 0.163 e. The largest absolute Gasteiger partial charge is 0.486 e. The van der Waals surface area contributed by atoms with Crippen LogP contribution in [0.5, 0.6) is 11.5 Å². The molecule has 1 aromatic rings. The van der Waals surface area contributed by atoms with Crippen molar-refractivity contribution in [1.82, 2.24) is 0 Å². The summed E-state index contributed by atoms with van der Waals surface area (Å²) in [6.07, 6.45) is 6.57. The van der Waals surface area contributed by atoms with E-state index >= 15 is 0 Å². The van der Waals surface area contributed by atoms with Crippen LogP contribution in [0.25, 0.3) is 0 Å². The first-order valence-electron chi connectivity index (χ1n) is 6.68. The first kappa shape index (κ1) is 12.2. The van der Waals surface area contributed by atoms with Gasteiger partial charge in [0.15, 0.2) is 11.5 Å². The van der Waals surface area contributed by atoms with Crippen molar-refractivity contribution in [2.45, 2.75) is 38.1 Å². The summed E-state index contributed by atoms with van der Waals surface area (Å²) >= 11 is 3.60. The summed E-state index contributed by atoms with van der Waals surface area (Å²) < 4.78 is 12.2. The Morgan fingerprint density at radius 3 is 2.39 bits per heavy atom. The molecule has 1 heterocycles. The van der Waals surface area contributed by atoms with Gasteiger partial charge in [-0.15, -0.1) is 0 Å². The van der Waals surface area contributed by atoms with E-state index in [9.17, 15) is 0 Å². The molecule has 0 atom stereocenters. The molecule has 18 heavy (non-hydrogen) atoms. The number of hydrogen-bond acceptors (Lipinski definition) is 3. The molecule has 0 unspecified atom stereocenters. The van der Waals surface area contributed by atoms with Crippen LogP contribution in [0.4, 0.5) is 5.69 Å². The van der Waals surface area contributed by atoms with Gasteiger partial charge in [0.05, 0.1) is 5.69 Å². The standard InChI is InChI=1S/C14H18BrNO2/c15-11-8-13-14(18-7-6-17-13)9-12(11)16-10-4-2-1-3-5-10/h8-10,16H,1-7H2. The van der Waals surface area contributed by atoms with Crippen LogP contribution in [-0.4, -0.2) is 19.3 Å². The van der Waals surface area contributed by atoms with Gasteiger partial charge in [-0.05, 0) is 28.8 Å². The third-order valence-electron chi connectivity index (χ3n) is 3.60. The van der Waals surface area contributed by atoms with E-state index < -0.39 is 0 Å². The summed E-state index contributed by atoms with van der Waals surface area (Å²) in [6.45, 7) is 1.27. The predicted octanol–water partition coefficient (Wildman–Crippen LogP) is 3.96. The van der Waals surface area contributed by atoms with Crippen molar-refractivity contribution >= 4 is 21.6 Å². The zero-order chi connectivity index (χ0) is 12.4. The van der Waals surface area contributed by atoms with E-state index in [2.05, 4.69) is 21.2 Å². The van der Waals surface area contributed by atoms with Gasteiger partial charge in [0.2, 0.25) is 0 Å². The monoisotopic (exact) mass is 311 g/mol. The Labute approximate surface area is 116 Å². The Morgan fingerprint density at radius 1 is 1.00 bits per heavy atom. The number of hydrogen-bond donors (Lipinski definition) is 1. The molecule has 0 aromatic heterocycles. The molecule has 4 heteroatoms. The van der Waals surface area contributed by atoms with E-state index in [1.165, 1.54) is 32.1 Å². The number of fused-ring (bicyclic) bond motifs is 1. The predicted molar refractivity (Wildman–Crippen MR) is 75.6 cm³/mol. The zero-order valence-electron chi connectivity index (χ0n) is 10.4. The molecular formula is C14H18BrNO2. The molecular weight excluding hydrogens is 294 g/mol. The summed E-state index contributed by atoms with van der Waals surface area (Å²) in [5.74, 6) is 1.69. The number of ether oxygens (including phenoxy) is 2. The molecule has 1 aliphatic heterocycles. The zero-order valence-corrected chi connectivity index (χ0v) is 12.0. The van der Waals surface area contributed by atoms with Gasteiger partial charge >= 0.3 is 0 Å². The molecule has 0 bridgehead atoms. The third kappa shape index (κ3) is 2.58. The molecule has 1 aromatic carbocycles. The Balaban J connectivity index is 1.78. The molecule has 0 amide bonds. The van der Waals surface area contributed by atoms with Crippen LogP contribution in [0.1, 0.15) is 32.1 Å². The molecule has 1 saturated carbocycles. The molecule has 1 N–H and O–H groups in total. The number of rotatable bonds is 2. The second-order valence-corrected chi connectivity index (χ2v) is 5.81. The van der Waals surface area contributed by atoms with Crippen molar-refractivity contribution in [2.75, 3.05) is 18.5 Å². The maximum absolute atomic E-state index is 5.62. The normalized spacial score (nSPS) is 19.6. The van der Waals surface area contributed by atoms with Gasteiger partial charge in [0.25, 0.3) is 0 Å². The first-order valence-corrected chi connectivity index (χ1v) is 7.48. The lowest BCUT2D eigenvalue weighted by Crippen LogP contribution is -2.23. The molecule has 3 nitrogen and oxygen atoms in total. The van der Waals surface area contributed by atoms with Crippen LogP contribution in [0.15, 0.2) is 16.6 Å². The van der Waals surface area contributed by atoms with E-state index in [0.717, 1.165) is 21.7 Å². The lowest BCUT2D eigenvalue weighted by Gasteiger charge is -2.26. The molecule has 0 spiro atoms. The third-order valence-corrected chi connectivity index (χ3v) is 4.25. The SMILES string of the molecule is Brc1cc2c(cc1NC1CCCCC1)OCCO2. The molecule has 3 rings (SSSR count). The summed E-state index contributed by atoms with van der Waals surface area (Å²) in [5.41, 5.74) is 1.12. The van der Waals surface area contributed by atoms with Crippen LogP contribution in [0.2, 0.25) is 0 Å². The maximum atomic E-state index is 5.62. The van der Waals surface area contributed by atoms with Gasteiger partial charge in [-0.1, -0.05) is 19.3 Å². The summed E-state index contributed by atoms with van der Waals surface area (Å²) in [6, 6.07) is 4.64. The van der Waals surface area contributed by atoms with Crippen molar-refractivity contribution < 1.29 is 9.47 Å². The van der Waals surface area contributed by atoms with Crippen LogP contribution in [-0.2, 0) is 0 Å². The van der Waals surface area contributed by atoms with Gasteiger partial charge in [0.1, 0.15) is 13.2 Å². The van der Waals surface area contributed by atoms with Crippen molar-refractivity contribution in [3.8, 4) is 11.5 Å². The van der Waals surface area contributed by atoms with Crippen molar-refractivity contribution in [3.05, 3.63) is 16.6 Å². The number of benzene rings is 1. The van der Waals surface area contributed by atoms with E-state index in [0.29, 0.717) is 19.3 Å². The topological polar surface area (TPSA) is 30.5 Å². The molecule has 0 saturated heterocycles. The summed E-state index contributed by atoms with van der Waals surface area (Å²) in [7, 11) is 0. The van der Waals surface area contributed by atoms with E-state index in [1.807, 2.05) is 12.1 Å². The van der Waals surface area contributed by atoms with Gasteiger partial charge < -0.3 is 14.8 Å². The van der Waals surface area contributed by atoms with Crippen LogP contribution < -0.4 is 14.8 Å². The van der Waals surface area contributed by atoms with E-state index in [-0.39, 0.29) is 0 Å². The highest BCUT2D eigenvalue weighted by Crippen LogP contribution is 2.39. The molecule has 2 aliphatic rings. The summed E-state index contributed by atoms with van der Waals surface area (Å²) in [4.78, 5) is 0. The average molecular weight is 312 g/mol. The minimum atomic E-state index is 0.595. The minimum Gasteiger partial charge on any atom is -0.486 e. The number of anilines is 1. The fourth-order valence-corrected chi connectivity index (χ4v) is 3.08. The van der Waals surface area contributed by atoms with Crippen LogP contribution >= 0.6 is 15.9 Å². The smallest absolute Gasteiger partial charge is 0.163 e. The highest BCUT2D eigenvalue weighted by Gasteiger charge is 2.18. The van der Waals surface area contributed by atoms with Crippen LogP contribution in [0, 0.1) is 0 Å². The highest BCUT2D eigenvalue weighted by atomic mass is 79.9. The Bertz CT molecular complexity index is 430. The summed E-state index contributed by atoms with van der Waals surface area (Å²) in [5, 5.41) is 3.62. The Hall–Kier alpha value is -0.900. The fourth-order valence-electron chi connectivity index (χ4n) is 2.64. The second kappa shape index (κ2) is 5.39.